The van der Waals surface area contributed by atoms with E-state index in [2.05, 4.69) is 15.9 Å². The number of pyridine rings is 1. The number of hydrogen-bond donors (Lipinski definition) is 1. The largest absolute Gasteiger partial charge is 0.492 e. The molecule has 1 aromatic carbocycles. The number of benzene rings is 1. The summed E-state index contributed by atoms with van der Waals surface area (Å²) >= 11 is 3.42. The molecule has 0 bridgehead atoms. The Morgan fingerprint density at radius 1 is 1.26 bits per heavy atom. The molecule has 19 heavy (non-hydrogen) atoms. The molecule has 2 N–H and O–H groups in total. The van der Waals surface area contributed by atoms with Crippen molar-refractivity contribution in [1.29, 1.82) is 0 Å². The minimum atomic E-state index is -0.0236. The van der Waals surface area contributed by atoms with E-state index in [4.69, 9.17) is 10.5 Å². The fourth-order valence-electron chi connectivity index (χ4n) is 1.70. The lowest BCUT2D eigenvalue weighted by Gasteiger charge is -2.10. The topological polar surface area (TPSA) is 57.2 Å². The summed E-state index contributed by atoms with van der Waals surface area (Å²) in [5, 5.41) is 0. The van der Waals surface area contributed by atoms with Crippen LogP contribution < -0.4 is 16.0 Å². The van der Waals surface area contributed by atoms with Gasteiger partial charge in [0.15, 0.2) is 0 Å². The van der Waals surface area contributed by atoms with Crippen molar-refractivity contribution in [3.05, 3.63) is 63.0 Å². The van der Waals surface area contributed by atoms with Gasteiger partial charge in [-0.25, -0.2) is 0 Å². The molecule has 5 heteroatoms. The molecule has 1 aromatic heterocycles. The maximum Gasteiger partial charge on any atom is 0.250 e. The third-order valence-electron chi connectivity index (χ3n) is 2.74. The SMILES string of the molecule is NCc1cc(OCCn2ccccc2=O)ccc1Br. The zero-order valence-electron chi connectivity index (χ0n) is 10.4. The van der Waals surface area contributed by atoms with Crippen molar-refractivity contribution in [2.45, 2.75) is 13.1 Å². The van der Waals surface area contributed by atoms with Crippen molar-refractivity contribution < 1.29 is 4.74 Å². The zero-order valence-corrected chi connectivity index (χ0v) is 12.0. The van der Waals surface area contributed by atoms with Crippen LogP contribution in [0.15, 0.2) is 51.9 Å². The highest BCUT2D eigenvalue weighted by molar-refractivity contribution is 9.10. The molecule has 4 nitrogen and oxygen atoms in total. The first kappa shape index (κ1) is 13.8. The molecule has 0 fully saturated rings. The van der Waals surface area contributed by atoms with Gasteiger partial charge in [0.1, 0.15) is 12.4 Å². The van der Waals surface area contributed by atoms with Crippen molar-refractivity contribution >= 4 is 15.9 Å². The molecule has 0 aliphatic heterocycles. The molecule has 0 unspecified atom stereocenters. The summed E-state index contributed by atoms with van der Waals surface area (Å²) in [7, 11) is 0. The maximum atomic E-state index is 11.5. The molecule has 0 aliphatic carbocycles. The Morgan fingerprint density at radius 2 is 2.11 bits per heavy atom. The van der Waals surface area contributed by atoms with E-state index < -0.39 is 0 Å². The van der Waals surface area contributed by atoms with Gasteiger partial charge in [-0.2, -0.15) is 0 Å². The van der Waals surface area contributed by atoms with Gasteiger partial charge < -0.3 is 15.0 Å². The molecule has 1 heterocycles. The van der Waals surface area contributed by atoms with E-state index in [1.165, 1.54) is 6.07 Å². The van der Waals surface area contributed by atoms with Crippen LogP contribution in [0, 0.1) is 0 Å². The van der Waals surface area contributed by atoms with Gasteiger partial charge in [-0.05, 0) is 29.8 Å². The summed E-state index contributed by atoms with van der Waals surface area (Å²) in [6.45, 7) is 1.42. The van der Waals surface area contributed by atoms with Crippen LogP contribution in [0.3, 0.4) is 0 Å². The molecule has 0 spiro atoms. The lowest BCUT2D eigenvalue weighted by Crippen LogP contribution is -2.21. The van der Waals surface area contributed by atoms with Gasteiger partial charge >= 0.3 is 0 Å². The van der Waals surface area contributed by atoms with E-state index in [0.717, 1.165) is 15.8 Å². The van der Waals surface area contributed by atoms with Crippen molar-refractivity contribution in [3.63, 3.8) is 0 Å². The van der Waals surface area contributed by atoms with Crippen molar-refractivity contribution in [2.75, 3.05) is 6.61 Å². The van der Waals surface area contributed by atoms with Gasteiger partial charge in [-0.15, -0.1) is 0 Å². The van der Waals surface area contributed by atoms with Gasteiger partial charge in [-0.3, -0.25) is 4.79 Å². The van der Waals surface area contributed by atoms with E-state index in [1.807, 2.05) is 24.3 Å². The molecular weight excluding hydrogens is 308 g/mol. The van der Waals surface area contributed by atoms with Crippen LogP contribution in [0.1, 0.15) is 5.56 Å². The van der Waals surface area contributed by atoms with Crippen molar-refractivity contribution in [3.8, 4) is 5.75 Å². The standard InChI is InChI=1S/C14H15BrN2O2/c15-13-5-4-12(9-11(13)10-16)19-8-7-17-6-2-1-3-14(17)18/h1-6,9H,7-8,10,16H2. The Kier molecular flexibility index (Phi) is 4.76. The summed E-state index contributed by atoms with van der Waals surface area (Å²) in [4.78, 5) is 11.5. The third kappa shape index (κ3) is 3.68. The second kappa shape index (κ2) is 6.54. The van der Waals surface area contributed by atoms with E-state index >= 15 is 0 Å². The fraction of sp³-hybridized carbons (Fsp3) is 0.214. The lowest BCUT2D eigenvalue weighted by molar-refractivity contribution is 0.296. The van der Waals surface area contributed by atoms with Crippen LogP contribution >= 0.6 is 15.9 Å². The minimum Gasteiger partial charge on any atom is -0.492 e. The average Bonchev–Trinajstić information content (AvgIpc) is 2.43. The van der Waals surface area contributed by atoms with Gasteiger partial charge in [0.05, 0.1) is 6.54 Å². The van der Waals surface area contributed by atoms with Gasteiger partial charge in [0, 0.05) is 23.3 Å². The van der Waals surface area contributed by atoms with Gasteiger partial charge in [-0.1, -0.05) is 22.0 Å². The van der Waals surface area contributed by atoms with E-state index in [1.54, 1.807) is 16.8 Å². The first-order chi connectivity index (χ1) is 9.20. The molecule has 0 saturated carbocycles. The summed E-state index contributed by atoms with van der Waals surface area (Å²) in [6.07, 6.45) is 1.75. The molecular formula is C14H15BrN2O2. The number of hydrogen-bond acceptors (Lipinski definition) is 3. The summed E-state index contributed by atoms with van der Waals surface area (Å²) in [5.41, 5.74) is 6.60. The lowest BCUT2D eigenvalue weighted by atomic mass is 10.2. The van der Waals surface area contributed by atoms with Crippen LogP contribution in [0.25, 0.3) is 0 Å². The number of nitrogens with zero attached hydrogens (tertiary/aromatic N) is 1. The van der Waals surface area contributed by atoms with Crippen LogP contribution in [0.4, 0.5) is 0 Å². The van der Waals surface area contributed by atoms with Crippen LogP contribution in [0.5, 0.6) is 5.75 Å². The summed E-state index contributed by atoms with van der Waals surface area (Å²) in [6, 6.07) is 10.8. The number of ether oxygens (including phenoxy) is 1. The Hall–Kier alpha value is -1.59. The Labute approximate surface area is 119 Å². The predicted octanol–water partition coefficient (Wildman–Crippen LogP) is 2.15. The number of aromatic nitrogens is 1. The van der Waals surface area contributed by atoms with Crippen LogP contribution in [-0.2, 0) is 13.1 Å². The Morgan fingerprint density at radius 3 is 2.84 bits per heavy atom. The quantitative estimate of drug-likeness (QED) is 0.917. The highest BCUT2D eigenvalue weighted by Gasteiger charge is 2.01. The molecule has 0 radical (unpaired) electrons. The first-order valence-electron chi connectivity index (χ1n) is 5.97. The van der Waals surface area contributed by atoms with Crippen molar-refractivity contribution in [1.82, 2.24) is 4.57 Å². The molecule has 0 saturated heterocycles. The maximum absolute atomic E-state index is 11.5. The number of rotatable bonds is 5. The highest BCUT2D eigenvalue weighted by Crippen LogP contribution is 2.22. The Bertz CT molecular complexity index is 610. The van der Waals surface area contributed by atoms with Crippen LogP contribution in [0.2, 0.25) is 0 Å². The van der Waals surface area contributed by atoms with Crippen LogP contribution in [-0.4, -0.2) is 11.2 Å². The number of halogens is 1. The molecule has 0 atom stereocenters. The van der Waals surface area contributed by atoms with Crippen molar-refractivity contribution in [2.24, 2.45) is 5.73 Å². The smallest absolute Gasteiger partial charge is 0.250 e. The normalized spacial score (nSPS) is 10.4. The summed E-state index contributed by atoms with van der Waals surface area (Å²) in [5.74, 6) is 0.757. The van der Waals surface area contributed by atoms with E-state index in [-0.39, 0.29) is 5.56 Å². The Balaban J connectivity index is 1.96. The second-order valence-electron chi connectivity index (χ2n) is 4.04. The van der Waals surface area contributed by atoms with Gasteiger partial charge in [0.25, 0.3) is 5.56 Å². The van der Waals surface area contributed by atoms with E-state index in [9.17, 15) is 4.79 Å². The molecule has 0 amide bonds. The zero-order chi connectivity index (χ0) is 13.7. The highest BCUT2D eigenvalue weighted by atomic mass is 79.9. The average molecular weight is 323 g/mol. The number of nitrogens with two attached hydrogens (primary N) is 1. The minimum absolute atomic E-state index is 0.0236. The first-order valence-corrected chi connectivity index (χ1v) is 6.77. The molecule has 2 rings (SSSR count). The van der Waals surface area contributed by atoms with E-state index in [0.29, 0.717) is 19.7 Å². The molecule has 0 aliphatic rings. The molecule has 100 valence electrons. The summed E-state index contributed by atoms with van der Waals surface area (Å²) < 4.78 is 8.21. The third-order valence-corrected chi connectivity index (χ3v) is 3.51. The fourth-order valence-corrected chi connectivity index (χ4v) is 2.11. The van der Waals surface area contributed by atoms with Gasteiger partial charge in [0.2, 0.25) is 0 Å². The monoisotopic (exact) mass is 322 g/mol. The molecule has 2 aromatic rings. The predicted molar refractivity (Wildman–Crippen MR) is 78.2 cm³/mol. The second-order valence-corrected chi connectivity index (χ2v) is 4.89.